The SMILES string of the molecule is CCn1cc(S(=O)(=O)N2CCC(C3C(OC)C(=O)N3C(C)C)CC2)cn1. The molecule has 2 atom stereocenters. The fourth-order valence-corrected chi connectivity index (χ4v) is 5.50. The van der Waals surface area contributed by atoms with Gasteiger partial charge in [-0.05, 0) is 39.5 Å². The van der Waals surface area contributed by atoms with E-state index in [1.807, 2.05) is 25.7 Å². The van der Waals surface area contributed by atoms with Crippen LogP contribution < -0.4 is 0 Å². The average molecular weight is 385 g/mol. The molecular formula is C17H28N4O4S. The maximum Gasteiger partial charge on any atom is 0.254 e. The van der Waals surface area contributed by atoms with Crippen molar-refractivity contribution in [3.63, 3.8) is 0 Å². The quantitative estimate of drug-likeness (QED) is 0.682. The molecule has 2 aliphatic rings. The Labute approximate surface area is 155 Å². The van der Waals surface area contributed by atoms with Gasteiger partial charge in [0.2, 0.25) is 10.0 Å². The maximum absolute atomic E-state index is 12.8. The van der Waals surface area contributed by atoms with E-state index in [4.69, 9.17) is 4.74 Å². The fourth-order valence-electron chi connectivity index (χ4n) is 4.07. The van der Waals surface area contributed by atoms with E-state index in [-0.39, 0.29) is 28.8 Å². The first kappa shape index (κ1) is 19.3. The van der Waals surface area contributed by atoms with Gasteiger partial charge in [0.1, 0.15) is 4.90 Å². The number of rotatable bonds is 6. The van der Waals surface area contributed by atoms with Gasteiger partial charge in [-0.15, -0.1) is 0 Å². The summed E-state index contributed by atoms with van der Waals surface area (Å²) in [7, 11) is -1.94. The molecule has 0 saturated carbocycles. The number of ether oxygens (including phenoxy) is 1. The van der Waals surface area contributed by atoms with Crippen molar-refractivity contribution in [3.05, 3.63) is 12.4 Å². The monoisotopic (exact) mass is 384 g/mol. The second-order valence-corrected chi connectivity index (χ2v) is 9.20. The molecule has 0 aromatic carbocycles. The summed E-state index contributed by atoms with van der Waals surface area (Å²) in [5, 5.41) is 4.07. The molecule has 0 N–H and O–H groups in total. The van der Waals surface area contributed by atoms with Crippen molar-refractivity contribution >= 4 is 15.9 Å². The molecule has 9 heteroatoms. The number of amides is 1. The van der Waals surface area contributed by atoms with Crippen molar-refractivity contribution in [1.29, 1.82) is 0 Å². The summed E-state index contributed by atoms with van der Waals surface area (Å²) in [6.07, 6.45) is 4.04. The zero-order valence-corrected chi connectivity index (χ0v) is 16.6. The summed E-state index contributed by atoms with van der Waals surface area (Å²) in [4.78, 5) is 14.3. The molecule has 0 bridgehead atoms. The van der Waals surface area contributed by atoms with Crippen LogP contribution in [0.5, 0.6) is 0 Å². The van der Waals surface area contributed by atoms with Gasteiger partial charge < -0.3 is 9.64 Å². The van der Waals surface area contributed by atoms with Gasteiger partial charge in [0.05, 0.1) is 12.2 Å². The van der Waals surface area contributed by atoms with Gasteiger partial charge in [-0.3, -0.25) is 9.48 Å². The predicted octanol–water partition coefficient (Wildman–Crippen LogP) is 0.938. The van der Waals surface area contributed by atoms with Crippen LogP contribution in [0.15, 0.2) is 17.3 Å². The number of nitrogens with zero attached hydrogens (tertiary/aromatic N) is 4. The lowest BCUT2D eigenvalue weighted by atomic mass is 9.79. The van der Waals surface area contributed by atoms with Gasteiger partial charge >= 0.3 is 0 Å². The summed E-state index contributed by atoms with van der Waals surface area (Å²) < 4.78 is 34.1. The van der Waals surface area contributed by atoms with Crippen molar-refractivity contribution in [2.24, 2.45) is 5.92 Å². The number of β-lactam (4-membered cyclic amide) rings is 1. The lowest BCUT2D eigenvalue weighted by Gasteiger charge is -2.53. The standard InChI is InChI=1S/C17H28N4O4S/c1-5-19-11-14(10-18-19)26(23,24)20-8-6-13(7-9-20)15-16(25-4)17(22)21(15)12(2)3/h10-13,15-16H,5-9H2,1-4H3. The van der Waals surface area contributed by atoms with Crippen LogP contribution in [-0.2, 0) is 26.1 Å². The van der Waals surface area contributed by atoms with E-state index in [2.05, 4.69) is 5.10 Å². The highest BCUT2D eigenvalue weighted by atomic mass is 32.2. The third-order valence-electron chi connectivity index (χ3n) is 5.49. The number of hydrogen-bond acceptors (Lipinski definition) is 5. The second-order valence-electron chi connectivity index (χ2n) is 7.26. The number of hydrogen-bond donors (Lipinski definition) is 0. The van der Waals surface area contributed by atoms with E-state index in [1.165, 1.54) is 10.5 Å². The normalized spacial score (nSPS) is 25.7. The third-order valence-corrected chi connectivity index (χ3v) is 7.34. The second kappa shape index (κ2) is 7.28. The van der Waals surface area contributed by atoms with Gasteiger partial charge in [-0.1, -0.05) is 0 Å². The molecule has 2 fully saturated rings. The molecule has 1 aromatic rings. The summed E-state index contributed by atoms with van der Waals surface area (Å²) in [5.41, 5.74) is 0. The van der Waals surface area contributed by atoms with E-state index >= 15 is 0 Å². The first-order valence-corrected chi connectivity index (χ1v) is 10.6. The molecule has 1 amide bonds. The number of carbonyl (C=O) groups excluding carboxylic acids is 1. The maximum atomic E-state index is 12.8. The summed E-state index contributed by atoms with van der Waals surface area (Å²) >= 11 is 0. The predicted molar refractivity (Wildman–Crippen MR) is 96.0 cm³/mol. The van der Waals surface area contributed by atoms with Gasteiger partial charge in [0, 0.05) is 39.0 Å². The summed E-state index contributed by atoms with van der Waals surface area (Å²) in [6.45, 7) is 7.47. The molecule has 2 aliphatic heterocycles. The summed E-state index contributed by atoms with van der Waals surface area (Å²) in [6, 6.07) is 0.167. The minimum Gasteiger partial charge on any atom is -0.369 e. The third kappa shape index (κ3) is 3.16. The van der Waals surface area contributed by atoms with Crippen LogP contribution in [0.25, 0.3) is 0 Å². The highest BCUT2D eigenvalue weighted by Gasteiger charge is 2.52. The molecule has 1 aromatic heterocycles. The highest BCUT2D eigenvalue weighted by molar-refractivity contribution is 7.89. The van der Waals surface area contributed by atoms with Gasteiger partial charge in [-0.25, -0.2) is 8.42 Å². The number of carbonyl (C=O) groups is 1. The topological polar surface area (TPSA) is 84.7 Å². The zero-order valence-electron chi connectivity index (χ0n) is 15.8. The van der Waals surface area contributed by atoms with Crippen LogP contribution in [0.4, 0.5) is 0 Å². The molecule has 146 valence electrons. The summed E-state index contributed by atoms with van der Waals surface area (Å²) in [5.74, 6) is 0.291. The Hall–Kier alpha value is -1.45. The first-order valence-electron chi connectivity index (χ1n) is 9.18. The van der Waals surface area contributed by atoms with E-state index in [1.54, 1.807) is 18.0 Å². The van der Waals surface area contributed by atoms with Gasteiger partial charge in [0.15, 0.2) is 6.10 Å². The Bertz CT molecular complexity index is 753. The molecule has 3 rings (SSSR count). The van der Waals surface area contributed by atoms with E-state index in [9.17, 15) is 13.2 Å². The average Bonchev–Trinajstić information content (AvgIpc) is 3.09. The van der Waals surface area contributed by atoms with Crippen LogP contribution in [0.2, 0.25) is 0 Å². The van der Waals surface area contributed by atoms with Crippen LogP contribution in [0, 0.1) is 5.92 Å². The van der Waals surface area contributed by atoms with Crippen LogP contribution in [0.1, 0.15) is 33.6 Å². The van der Waals surface area contributed by atoms with Gasteiger partial charge in [0.25, 0.3) is 5.91 Å². The number of likely N-dealkylation sites (tertiary alicyclic amines) is 1. The minimum atomic E-state index is -3.51. The van der Waals surface area contributed by atoms with Crippen LogP contribution in [-0.4, -0.2) is 71.7 Å². The van der Waals surface area contributed by atoms with Crippen LogP contribution >= 0.6 is 0 Å². The molecule has 0 radical (unpaired) electrons. The molecule has 3 heterocycles. The number of sulfonamides is 1. The number of aromatic nitrogens is 2. The van der Waals surface area contributed by atoms with Crippen molar-refractivity contribution in [2.45, 2.75) is 63.2 Å². The Morgan fingerprint density at radius 1 is 1.31 bits per heavy atom. The number of piperidine rings is 1. The Kier molecular flexibility index (Phi) is 5.41. The van der Waals surface area contributed by atoms with Crippen molar-refractivity contribution in [3.8, 4) is 0 Å². The Morgan fingerprint density at radius 3 is 2.46 bits per heavy atom. The van der Waals surface area contributed by atoms with Gasteiger partial charge in [-0.2, -0.15) is 9.40 Å². The lowest BCUT2D eigenvalue weighted by Crippen LogP contribution is -2.70. The van der Waals surface area contributed by atoms with E-state index < -0.39 is 16.1 Å². The highest BCUT2D eigenvalue weighted by Crippen LogP contribution is 2.37. The van der Waals surface area contributed by atoms with Crippen molar-refractivity contribution < 1.29 is 17.9 Å². The fraction of sp³-hybridized carbons (Fsp3) is 0.765. The Balaban J connectivity index is 1.68. The molecular weight excluding hydrogens is 356 g/mol. The number of methoxy groups -OCH3 is 1. The molecule has 2 saturated heterocycles. The van der Waals surface area contributed by atoms with E-state index in [0.717, 1.165) is 12.8 Å². The molecule has 0 spiro atoms. The Morgan fingerprint density at radius 2 is 1.96 bits per heavy atom. The minimum absolute atomic E-state index is 0.0366. The zero-order chi connectivity index (χ0) is 19.1. The van der Waals surface area contributed by atoms with E-state index in [0.29, 0.717) is 19.6 Å². The molecule has 8 nitrogen and oxygen atoms in total. The smallest absolute Gasteiger partial charge is 0.254 e. The lowest BCUT2D eigenvalue weighted by molar-refractivity contribution is -0.181. The largest absolute Gasteiger partial charge is 0.369 e. The molecule has 2 unspecified atom stereocenters. The van der Waals surface area contributed by atoms with Crippen LogP contribution in [0.3, 0.4) is 0 Å². The molecule has 26 heavy (non-hydrogen) atoms. The van der Waals surface area contributed by atoms with Crippen molar-refractivity contribution in [2.75, 3.05) is 20.2 Å². The van der Waals surface area contributed by atoms with Crippen molar-refractivity contribution in [1.82, 2.24) is 19.0 Å². The molecule has 0 aliphatic carbocycles. The number of aryl methyl sites for hydroxylation is 1. The first-order chi connectivity index (χ1) is 12.3.